The lowest BCUT2D eigenvalue weighted by Crippen LogP contribution is -2.14. The molecule has 1 N–H and O–H groups in total. The quantitative estimate of drug-likeness (QED) is 0.720. The second kappa shape index (κ2) is 8.44. The van der Waals surface area contributed by atoms with Crippen molar-refractivity contribution in [2.75, 3.05) is 13.7 Å². The maximum Gasteiger partial charge on any atom is 0.162 e. The molecule has 0 amide bonds. The van der Waals surface area contributed by atoms with Crippen LogP contribution in [0.25, 0.3) is 0 Å². The Hall–Kier alpha value is -1.85. The number of ether oxygens (including phenoxy) is 2. The molecule has 0 spiro atoms. The third-order valence-corrected chi connectivity index (χ3v) is 2.98. The van der Waals surface area contributed by atoms with Crippen LogP contribution in [0.1, 0.15) is 30.4 Å². The van der Waals surface area contributed by atoms with Gasteiger partial charge in [-0.25, -0.2) is 0 Å². The fraction of sp³-hybridized carbons (Fsp3) is 0.438. The zero-order valence-corrected chi connectivity index (χ0v) is 12.6. The summed E-state index contributed by atoms with van der Waals surface area (Å²) in [5, 5.41) is 7.34. The van der Waals surface area contributed by atoms with Crippen molar-refractivity contribution in [3.05, 3.63) is 47.3 Å². The molecular weight excluding hydrogens is 268 g/mol. The molecule has 0 aliphatic carbocycles. The molecule has 0 aliphatic rings. The fourth-order valence-electron chi connectivity index (χ4n) is 1.98. The first-order valence-electron chi connectivity index (χ1n) is 7.18. The minimum absolute atomic E-state index is 0.387. The van der Waals surface area contributed by atoms with Crippen LogP contribution < -0.4 is 10.1 Å². The number of nitrogens with zero attached hydrogens (tertiary/aromatic N) is 1. The van der Waals surface area contributed by atoms with Gasteiger partial charge in [0.15, 0.2) is 5.76 Å². The van der Waals surface area contributed by atoms with Crippen molar-refractivity contribution >= 4 is 0 Å². The lowest BCUT2D eigenvalue weighted by Gasteiger charge is -2.10. The second-order valence-electron chi connectivity index (χ2n) is 4.79. The Balaban J connectivity index is 1.92. The highest BCUT2D eigenvalue weighted by atomic mass is 16.5. The van der Waals surface area contributed by atoms with Crippen molar-refractivity contribution in [1.29, 1.82) is 0 Å². The summed E-state index contributed by atoms with van der Waals surface area (Å²) < 4.78 is 16.0. The first-order valence-corrected chi connectivity index (χ1v) is 7.18. The van der Waals surface area contributed by atoms with Gasteiger partial charge in [-0.1, -0.05) is 30.3 Å². The predicted molar refractivity (Wildman–Crippen MR) is 80.0 cm³/mol. The summed E-state index contributed by atoms with van der Waals surface area (Å²) in [6, 6.07) is 9.87. The molecule has 0 unspecified atom stereocenters. The Morgan fingerprint density at radius 2 is 2.10 bits per heavy atom. The number of para-hydroxylation sites is 1. The van der Waals surface area contributed by atoms with Crippen molar-refractivity contribution in [3.63, 3.8) is 0 Å². The van der Waals surface area contributed by atoms with E-state index in [1.807, 2.05) is 24.3 Å². The average Bonchev–Trinajstić information content (AvgIpc) is 2.95. The maximum absolute atomic E-state index is 5.84. The molecule has 0 saturated heterocycles. The standard InChI is InChI=1S/C16H22N2O3/c1-3-8-17-10-13-6-4-5-7-16(13)20-11-14-9-15(12-19-2)21-18-14/h4-7,9,17H,3,8,10-12H2,1-2H3. The number of hydrogen-bond donors (Lipinski definition) is 1. The van der Waals surface area contributed by atoms with E-state index in [9.17, 15) is 0 Å². The molecule has 114 valence electrons. The minimum atomic E-state index is 0.387. The van der Waals surface area contributed by atoms with Crippen LogP contribution in [0.3, 0.4) is 0 Å². The summed E-state index contributed by atoms with van der Waals surface area (Å²) in [6.07, 6.45) is 1.12. The van der Waals surface area contributed by atoms with Gasteiger partial charge in [-0.05, 0) is 19.0 Å². The van der Waals surface area contributed by atoms with Crippen LogP contribution in [-0.4, -0.2) is 18.8 Å². The van der Waals surface area contributed by atoms with Crippen molar-refractivity contribution in [3.8, 4) is 5.75 Å². The number of aromatic nitrogens is 1. The van der Waals surface area contributed by atoms with Gasteiger partial charge < -0.3 is 19.3 Å². The Kier molecular flexibility index (Phi) is 6.24. The molecule has 0 fully saturated rings. The molecule has 2 aromatic rings. The van der Waals surface area contributed by atoms with E-state index in [1.54, 1.807) is 7.11 Å². The topological polar surface area (TPSA) is 56.5 Å². The molecule has 0 bridgehead atoms. The number of nitrogens with one attached hydrogen (secondary N) is 1. The zero-order valence-electron chi connectivity index (χ0n) is 12.6. The van der Waals surface area contributed by atoms with Crippen LogP contribution in [-0.2, 0) is 24.5 Å². The van der Waals surface area contributed by atoms with Gasteiger partial charge in [-0.3, -0.25) is 0 Å². The molecule has 0 saturated carbocycles. The van der Waals surface area contributed by atoms with Gasteiger partial charge in [0, 0.05) is 25.3 Å². The molecule has 0 atom stereocenters. The number of benzene rings is 1. The van der Waals surface area contributed by atoms with E-state index in [4.69, 9.17) is 14.0 Å². The summed E-state index contributed by atoms with van der Waals surface area (Å²) in [5.74, 6) is 1.58. The highest BCUT2D eigenvalue weighted by molar-refractivity contribution is 5.33. The smallest absolute Gasteiger partial charge is 0.162 e. The monoisotopic (exact) mass is 290 g/mol. The second-order valence-corrected chi connectivity index (χ2v) is 4.79. The van der Waals surface area contributed by atoms with E-state index in [2.05, 4.69) is 23.5 Å². The van der Waals surface area contributed by atoms with Gasteiger partial charge in [-0.2, -0.15) is 0 Å². The van der Waals surface area contributed by atoms with Crippen molar-refractivity contribution < 1.29 is 14.0 Å². The van der Waals surface area contributed by atoms with Crippen molar-refractivity contribution in [1.82, 2.24) is 10.5 Å². The lowest BCUT2D eigenvalue weighted by atomic mass is 10.2. The normalized spacial score (nSPS) is 10.8. The summed E-state index contributed by atoms with van der Waals surface area (Å²) in [6.45, 7) is 4.76. The predicted octanol–water partition coefficient (Wildman–Crippen LogP) is 2.90. The van der Waals surface area contributed by atoms with Gasteiger partial charge in [0.2, 0.25) is 0 Å². The van der Waals surface area contributed by atoms with E-state index in [0.717, 1.165) is 36.5 Å². The van der Waals surface area contributed by atoms with Crippen LogP contribution in [0.2, 0.25) is 0 Å². The Labute approximate surface area is 125 Å². The highest BCUT2D eigenvalue weighted by Crippen LogP contribution is 2.19. The molecule has 5 heteroatoms. The molecular formula is C16H22N2O3. The van der Waals surface area contributed by atoms with Crippen LogP contribution in [0, 0.1) is 0 Å². The van der Waals surface area contributed by atoms with E-state index in [0.29, 0.717) is 19.0 Å². The summed E-state index contributed by atoms with van der Waals surface area (Å²) >= 11 is 0. The lowest BCUT2D eigenvalue weighted by molar-refractivity contribution is 0.155. The zero-order chi connectivity index (χ0) is 14.9. The summed E-state index contributed by atoms with van der Waals surface area (Å²) in [7, 11) is 1.62. The highest BCUT2D eigenvalue weighted by Gasteiger charge is 2.07. The van der Waals surface area contributed by atoms with E-state index < -0.39 is 0 Å². The summed E-state index contributed by atoms with van der Waals surface area (Å²) in [4.78, 5) is 0. The fourth-order valence-corrected chi connectivity index (χ4v) is 1.98. The molecule has 1 aromatic carbocycles. The van der Waals surface area contributed by atoms with Gasteiger partial charge >= 0.3 is 0 Å². The molecule has 1 heterocycles. The molecule has 21 heavy (non-hydrogen) atoms. The molecule has 0 aliphatic heterocycles. The van der Waals surface area contributed by atoms with Crippen LogP contribution in [0.15, 0.2) is 34.9 Å². The average molecular weight is 290 g/mol. The third-order valence-electron chi connectivity index (χ3n) is 2.98. The molecule has 2 rings (SSSR count). The molecule has 5 nitrogen and oxygen atoms in total. The van der Waals surface area contributed by atoms with E-state index in [-0.39, 0.29) is 0 Å². The SMILES string of the molecule is CCCNCc1ccccc1OCc1cc(COC)on1. The van der Waals surface area contributed by atoms with Crippen LogP contribution in [0.5, 0.6) is 5.75 Å². The Morgan fingerprint density at radius 1 is 1.24 bits per heavy atom. The largest absolute Gasteiger partial charge is 0.487 e. The van der Waals surface area contributed by atoms with Gasteiger partial charge in [0.05, 0.1) is 0 Å². The van der Waals surface area contributed by atoms with Crippen molar-refractivity contribution in [2.24, 2.45) is 0 Å². The molecule has 1 aromatic heterocycles. The number of hydrogen-bond acceptors (Lipinski definition) is 5. The van der Waals surface area contributed by atoms with Crippen LogP contribution in [0.4, 0.5) is 0 Å². The number of methoxy groups -OCH3 is 1. The van der Waals surface area contributed by atoms with E-state index in [1.165, 1.54) is 0 Å². The van der Waals surface area contributed by atoms with Gasteiger partial charge in [-0.15, -0.1) is 0 Å². The number of rotatable bonds is 9. The first kappa shape index (κ1) is 15.5. The van der Waals surface area contributed by atoms with Crippen LogP contribution >= 0.6 is 0 Å². The summed E-state index contributed by atoms with van der Waals surface area (Å²) in [5.41, 5.74) is 1.91. The Morgan fingerprint density at radius 3 is 2.90 bits per heavy atom. The van der Waals surface area contributed by atoms with Gasteiger partial charge in [0.1, 0.15) is 24.7 Å². The van der Waals surface area contributed by atoms with Gasteiger partial charge in [0.25, 0.3) is 0 Å². The third kappa shape index (κ3) is 4.88. The van der Waals surface area contributed by atoms with E-state index >= 15 is 0 Å². The maximum atomic E-state index is 5.84. The molecule has 0 radical (unpaired) electrons. The van der Waals surface area contributed by atoms with Crippen molar-refractivity contribution in [2.45, 2.75) is 33.1 Å². The Bertz CT molecular complexity index is 540. The first-order chi connectivity index (χ1) is 10.3. The minimum Gasteiger partial charge on any atom is -0.487 e.